The smallest absolute Gasteiger partial charge is 0.195 e. The normalized spacial score (nSPS) is 9.56. The number of rotatable bonds is 5. The summed E-state index contributed by atoms with van der Waals surface area (Å²) in [6.45, 7) is 0.865. The minimum absolute atomic E-state index is 0. The Kier molecular flexibility index (Phi) is 9.84. The molecule has 1 rings (SSSR count). The van der Waals surface area contributed by atoms with E-state index in [1.54, 1.807) is 23.1 Å². The third-order valence-corrected chi connectivity index (χ3v) is 4.04. The van der Waals surface area contributed by atoms with Crippen molar-refractivity contribution >= 4 is 53.0 Å². The van der Waals surface area contributed by atoms with Gasteiger partial charge in [0.2, 0.25) is 0 Å². The van der Waals surface area contributed by atoms with E-state index in [-0.39, 0.29) is 24.0 Å². The molecule has 18 heavy (non-hydrogen) atoms. The molecule has 0 spiro atoms. The molecule has 0 aliphatic carbocycles. The van der Waals surface area contributed by atoms with E-state index in [9.17, 15) is 0 Å². The second kappa shape index (κ2) is 9.85. The Morgan fingerprint density at radius 1 is 1.33 bits per heavy atom. The summed E-state index contributed by atoms with van der Waals surface area (Å²) in [5.74, 6) is 2.09. The number of aromatic nitrogens is 1. The van der Waals surface area contributed by atoms with Crippen LogP contribution in [-0.2, 0) is 0 Å². The second-order valence-corrected chi connectivity index (χ2v) is 6.21. The van der Waals surface area contributed by atoms with Crippen molar-refractivity contribution < 1.29 is 0 Å². The molecule has 0 fully saturated rings. The summed E-state index contributed by atoms with van der Waals surface area (Å²) in [4.78, 5) is 12.9. The Morgan fingerprint density at radius 3 is 2.50 bits per heavy atom. The average molecular weight is 400 g/mol. The van der Waals surface area contributed by atoms with Gasteiger partial charge >= 0.3 is 0 Å². The fourth-order valence-electron chi connectivity index (χ4n) is 1.37. The monoisotopic (exact) mass is 400 g/mol. The quantitative estimate of drug-likeness (QED) is 0.250. The van der Waals surface area contributed by atoms with Gasteiger partial charge < -0.3 is 9.80 Å². The van der Waals surface area contributed by atoms with Gasteiger partial charge in [-0.2, -0.15) is 0 Å². The summed E-state index contributed by atoms with van der Waals surface area (Å²) in [7, 11) is 8.07. The molecule has 0 aromatic carbocycles. The Labute approximate surface area is 135 Å². The highest BCUT2D eigenvalue weighted by molar-refractivity contribution is 14.0. The number of thiazole rings is 1. The summed E-state index contributed by atoms with van der Waals surface area (Å²) in [6, 6.07) is 0. The SMILES string of the molecule is CN(C)C(=NCCCSc1nccs1)N(C)C.I. The molecule has 0 radical (unpaired) electrons. The van der Waals surface area contributed by atoms with Gasteiger partial charge in [-0.15, -0.1) is 35.3 Å². The molecule has 0 N–H and O–H groups in total. The Morgan fingerprint density at radius 2 is 2.00 bits per heavy atom. The van der Waals surface area contributed by atoms with Gasteiger partial charge in [-0.05, 0) is 6.42 Å². The summed E-state index contributed by atoms with van der Waals surface area (Å²) >= 11 is 3.50. The molecule has 0 aliphatic rings. The van der Waals surface area contributed by atoms with Crippen molar-refractivity contribution in [2.24, 2.45) is 4.99 Å². The molecule has 4 nitrogen and oxygen atoms in total. The third-order valence-electron chi connectivity index (χ3n) is 1.99. The molecule has 0 saturated heterocycles. The van der Waals surface area contributed by atoms with Crippen LogP contribution >= 0.6 is 47.1 Å². The van der Waals surface area contributed by atoms with Crippen LogP contribution in [0.3, 0.4) is 0 Å². The van der Waals surface area contributed by atoms with E-state index in [1.807, 2.05) is 49.6 Å². The van der Waals surface area contributed by atoms with Gasteiger partial charge in [0, 0.05) is 52.1 Å². The first-order chi connectivity index (χ1) is 8.11. The molecule has 1 aromatic rings. The first-order valence-corrected chi connectivity index (χ1v) is 7.39. The van der Waals surface area contributed by atoms with Gasteiger partial charge in [0.15, 0.2) is 5.96 Å². The van der Waals surface area contributed by atoms with Crippen LogP contribution in [0.25, 0.3) is 0 Å². The number of aliphatic imine (C=N–C) groups is 1. The lowest BCUT2D eigenvalue weighted by molar-refractivity contribution is 0.479. The molecule has 1 heterocycles. The highest BCUT2D eigenvalue weighted by atomic mass is 127. The van der Waals surface area contributed by atoms with Gasteiger partial charge in [0.1, 0.15) is 4.34 Å². The number of halogens is 1. The number of nitrogens with zero attached hydrogens (tertiary/aromatic N) is 4. The predicted octanol–water partition coefficient (Wildman–Crippen LogP) is 2.72. The Hall–Kier alpha value is -0.0200. The number of guanidine groups is 1. The maximum atomic E-state index is 4.58. The van der Waals surface area contributed by atoms with Gasteiger partial charge in [-0.1, -0.05) is 11.8 Å². The molecule has 0 aliphatic heterocycles. The molecule has 0 amide bonds. The molecular weight excluding hydrogens is 379 g/mol. The van der Waals surface area contributed by atoms with Crippen LogP contribution in [0.4, 0.5) is 0 Å². The van der Waals surface area contributed by atoms with Gasteiger partial charge in [0.05, 0.1) is 0 Å². The van der Waals surface area contributed by atoms with Crippen molar-refractivity contribution in [2.45, 2.75) is 10.8 Å². The maximum absolute atomic E-state index is 4.58. The zero-order valence-electron chi connectivity index (χ0n) is 11.3. The van der Waals surface area contributed by atoms with Crippen LogP contribution in [-0.4, -0.2) is 61.2 Å². The average Bonchev–Trinajstić information content (AvgIpc) is 2.74. The first-order valence-electron chi connectivity index (χ1n) is 5.52. The second-order valence-electron chi connectivity index (χ2n) is 3.97. The fraction of sp³-hybridized carbons (Fsp3) is 0.636. The largest absolute Gasteiger partial charge is 0.349 e. The maximum Gasteiger partial charge on any atom is 0.195 e. The Balaban J connectivity index is 0.00000289. The van der Waals surface area contributed by atoms with Crippen molar-refractivity contribution in [1.29, 1.82) is 0 Å². The predicted molar refractivity (Wildman–Crippen MR) is 92.5 cm³/mol. The van der Waals surface area contributed by atoms with Crippen LogP contribution < -0.4 is 0 Å². The fourth-order valence-corrected chi connectivity index (χ4v) is 3.00. The standard InChI is InChI=1S/C11H20N4S2.HI/c1-14(2)10(15(3)4)12-6-5-8-16-11-13-7-9-17-11;/h7,9H,5-6,8H2,1-4H3;1H. The van der Waals surface area contributed by atoms with Crippen molar-refractivity contribution in [2.75, 3.05) is 40.5 Å². The van der Waals surface area contributed by atoms with Crippen LogP contribution in [0, 0.1) is 0 Å². The lowest BCUT2D eigenvalue weighted by atomic mass is 10.5. The molecule has 7 heteroatoms. The number of hydrogen-bond donors (Lipinski definition) is 0. The van der Waals surface area contributed by atoms with E-state index in [4.69, 9.17) is 0 Å². The van der Waals surface area contributed by atoms with Crippen molar-refractivity contribution in [3.05, 3.63) is 11.6 Å². The highest BCUT2D eigenvalue weighted by Gasteiger charge is 2.03. The molecule has 1 aromatic heterocycles. The van der Waals surface area contributed by atoms with E-state index in [0.29, 0.717) is 0 Å². The minimum Gasteiger partial charge on any atom is -0.349 e. The van der Waals surface area contributed by atoms with Crippen molar-refractivity contribution in [3.63, 3.8) is 0 Å². The van der Waals surface area contributed by atoms with Crippen molar-refractivity contribution in [1.82, 2.24) is 14.8 Å². The lowest BCUT2D eigenvalue weighted by Crippen LogP contribution is -2.35. The zero-order valence-corrected chi connectivity index (χ0v) is 15.3. The van der Waals surface area contributed by atoms with Gasteiger partial charge in [-0.3, -0.25) is 4.99 Å². The molecular formula is C11H21IN4S2. The summed E-state index contributed by atoms with van der Waals surface area (Å²) < 4.78 is 1.15. The van der Waals surface area contributed by atoms with Gasteiger partial charge in [0.25, 0.3) is 0 Å². The van der Waals surface area contributed by atoms with Gasteiger partial charge in [-0.25, -0.2) is 4.98 Å². The van der Waals surface area contributed by atoms with Crippen LogP contribution in [0.2, 0.25) is 0 Å². The molecule has 0 atom stereocenters. The summed E-state index contributed by atoms with van der Waals surface area (Å²) in [5, 5.41) is 2.01. The molecule has 0 bridgehead atoms. The van der Waals surface area contributed by atoms with Crippen LogP contribution in [0.15, 0.2) is 20.9 Å². The van der Waals surface area contributed by atoms with Crippen LogP contribution in [0.5, 0.6) is 0 Å². The van der Waals surface area contributed by atoms with E-state index in [2.05, 4.69) is 9.98 Å². The zero-order chi connectivity index (χ0) is 12.7. The summed E-state index contributed by atoms with van der Waals surface area (Å²) in [6.07, 6.45) is 2.93. The molecule has 104 valence electrons. The van der Waals surface area contributed by atoms with E-state index in [1.165, 1.54) is 0 Å². The number of hydrogen-bond acceptors (Lipinski definition) is 4. The van der Waals surface area contributed by atoms with Crippen LogP contribution in [0.1, 0.15) is 6.42 Å². The van der Waals surface area contributed by atoms with E-state index < -0.39 is 0 Å². The first kappa shape index (κ1) is 18.0. The Bertz CT molecular complexity index is 329. The molecule has 0 saturated carbocycles. The summed E-state index contributed by atoms with van der Waals surface area (Å²) in [5.41, 5.74) is 0. The molecule has 0 unspecified atom stereocenters. The number of thioether (sulfide) groups is 1. The lowest BCUT2D eigenvalue weighted by Gasteiger charge is -2.22. The van der Waals surface area contributed by atoms with E-state index in [0.717, 1.165) is 29.0 Å². The van der Waals surface area contributed by atoms with Crippen molar-refractivity contribution in [3.8, 4) is 0 Å². The topological polar surface area (TPSA) is 31.7 Å². The van der Waals surface area contributed by atoms with E-state index >= 15 is 0 Å². The highest BCUT2D eigenvalue weighted by Crippen LogP contribution is 2.20. The third kappa shape index (κ3) is 6.79. The minimum atomic E-state index is 0.